The van der Waals surface area contributed by atoms with E-state index in [0.29, 0.717) is 11.4 Å². The molecule has 4 heteroatoms. The van der Waals surface area contributed by atoms with E-state index < -0.39 is 5.60 Å². The van der Waals surface area contributed by atoms with Crippen LogP contribution in [0.25, 0.3) is 0 Å². The van der Waals surface area contributed by atoms with Crippen LogP contribution in [0.1, 0.15) is 42.9 Å². The topological polar surface area (TPSA) is 52.1 Å². The molecule has 0 aliphatic heterocycles. The molecule has 0 N–H and O–H groups in total. The summed E-state index contributed by atoms with van der Waals surface area (Å²) in [4.78, 5) is 18.8. The Kier molecular flexibility index (Phi) is 3.91. The number of hydrogen-bond acceptors (Lipinski definition) is 4. The molecule has 0 unspecified atom stereocenters. The molecular weight excluding hydrogens is 192 g/mol. The summed E-state index contributed by atoms with van der Waals surface area (Å²) in [5, 5.41) is 0. The number of aldehydes is 1. The quantitative estimate of drug-likeness (QED) is 0.694. The van der Waals surface area contributed by atoms with E-state index in [9.17, 15) is 4.79 Å². The molecule has 0 aromatic carbocycles. The first kappa shape index (κ1) is 11.8. The van der Waals surface area contributed by atoms with E-state index in [0.717, 1.165) is 19.1 Å². The molecule has 0 spiro atoms. The molecule has 0 saturated heterocycles. The lowest BCUT2D eigenvalue weighted by Crippen LogP contribution is -2.29. The number of aromatic nitrogens is 2. The van der Waals surface area contributed by atoms with Crippen LogP contribution in [0.4, 0.5) is 0 Å². The van der Waals surface area contributed by atoms with Gasteiger partial charge in [-0.2, -0.15) is 0 Å². The van der Waals surface area contributed by atoms with Gasteiger partial charge in [-0.15, -0.1) is 0 Å². The predicted octanol–water partition coefficient (Wildman–Crippen LogP) is 1.95. The molecule has 0 bridgehead atoms. The van der Waals surface area contributed by atoms with Crippen molar-refractivity contribution in [3.8, 4) is 0 Å². The Labute approximate surface area is 89.7 Å². The Morgan fingerprint density at radius 2 is 1.87 bits per heavy atom. The van der Waals surface area contributed by atoms with Gasteiger partial charge in [-0.05, 0) is 12.8 Å². The van der Waals surface area contributed by atoms with E-state index in [1.807, 2.05) is 13.8 Å². The van der Waals surface area contributed by atoms with Crippen molar-refractivity contribution in [2.45, 2.75) is 32.3 Å². The highest BCUT2D eigenvalue weighted by Crippen LogP contribution is 2.29. The van der Waals surface area contributed by atoms with Crippen LogP contribution in [0.5, 0.6) is 0 Å². The number of carbonyl (C=O) groups excluding carboxylic acids is 1. The van der Waals surface area contributed by atoms with E-state index in [4.69, 9.17) is 4.74 Å². The van der Waals surface area contributed by atoms with Crippen molar-refractivity contribution in [3.63, 3.8) is 0 Å². The van der Waals surface area contributed by atoms with Gasteiger partial charge >= 0.3 is 0 Å². The Morgan fingerprint density at radius 3 is 2.20 bits per heavy atom. The largest absolute Gasteiger partial charge is 0.370 e. The maximum Gasteiger partial charge on any atom is 0.160 e. The van der Waals surface area contributed by atoms with Crippen LogP contribution in [0.2, 0.25) is 0 Å². The summed E-state index contributed by atoms with van der Waals surface area (Å²) in [5.74, 6) is 0.639. The highest BCUT2D eigenvalue weighted by molar-refractivity contribution is 5.73. The normalized spacial score (nSPS) is 11.4. The first-order valence-corrected chi connectivity index (χ1v) is 5.05. The van der Waals surface area contributed by atoms with Gasteiger partial charge in [0.2, 0.25) is 0 Å². The van der Waals surface area contributed by atoms with Crippen LogP contribution in [0, 0.1) is 0 Å². The Hall–Kier alpha value is -1.29. The van der Waals surface area contributed by atoms with E-state index in [-0.39, 0.29) is 0 Å². The van der Waals surface area contributed by atoms with Crippen molar-refractivity contribution in [1.29, 1.82) is 0 Å². The van der Waals surface area contributed by atoms with Crippen molar-refractivity contribution in [2.24, 2.45) is 0 Å². The van der Waals surface area contributed by atoms with Crippen molar-refractivity contribution in [3.05, 3.63) is 23.8 Å². The zero-order chi connectivity index (χ0) is 11.3. The van der Waals surface area contributed by atoms with Crippen LogP contribution in [-0.4, -0.2) is 23.4 Å². The molecule has 15 heavy (non-hydrogen) atoms. The van der Waals surface area contributed by atoms with Gasteiger partial charge in [-0.1, -0.05) is 13.8 Å². The molecule has 0 amide bonds. The highest BCUT2D eigenvalue weighted by Gasteiger charge is 2.30. The summed E-state index contributed by atoms with van der Waals surface area (Å²) in [6.45, 7) is 4.06. The van der Waals surface area contributed by atoms with Crippen LogP contribution >= 0.6 is 0 Å². The van der Waals surface area contributed by atoms with Gasteiger partial charge in [-0.25, -0.2) is 9.97 Å². The van der Waals surface area contributed by atoms with E-state index in [1.54, 1.807) is 7.11 Å². The molecule has 0 saturated carbocycles. The number of hydrogen-bond donors (Lipinski definition) is 0. The number of nitrogens with zero attached hydrogens (tertiary/aromatic N) is 2. The molecule has 1 rings (SSSR count). The average molecular weight is 208 g/mol. The second-order valence-electron chi connectivity index (χ2n) is 3.36. The number of ether oxygens (including phenoxy) is 1. The highest BCUT2D eigenvalue weighted by atomic mass is 16.5. The fourth-order valence-corrected chi connectivity index (χ4v) is 1.58. The zero-order valence-corrected chi connectivity index (χ0v) is 9.36. The van der Waals surface area contributed by atoms with Gasteiger partial charge in [0, 0.05) is 19.5 Å². The second-order valence-corrected chi connectivity index (χ2v) is 3.36. The zero-order valence-electron chi connectivity index (χ0n) is 9.36. The molecular formula is C11H16N2O2. The average Bonchev–Trinajstić information content (AvgIpc) is 2.33. The fraction of sp³-hybridized carbons (Fsp3) is 0.545. The Balaban J connectivity index is 3.06. The SMILES string of the molecule is CCC(CC)(OC)c1ncc(C=O)cn1. The van der Waals surface area contributed by atoms with Crippen LogP contribution < -0.4 is 0 Å². The summed E-state index contributed by atoms with van der Waals surface area (Å²) in [6, 6.07) is 0. The molecule has 82 valence electrons. The van der Waals surface area contributed by atoms with E-state index >= 15 is 0 Å². The molecule has 1 aromatic rings. The monoisotopic (exact) mass is 208 g/mol. The van der Waals surface area contributed by atoms with Gasteiger partial charge in [0.1, 0.15) is 5.60 Å². The summed E-state index contributed by atoms with van der Waals surface area (Å²) in [6.07, 6.45) is 5.39. The van der Waals surface area contributed by atoms with E-state index in [1.165, 1.54) is 12.4 Å². The summed E-state index contributed by atoms with van der Waals surface area (Å²) >= 11 is 0. The molecule has 0 atom stereocenters. The Morgan fingerprint density at radius 1 is 1.33 bits per heavy atom. The lowest BCUT2D eigenvalue weighted by Gasteiger charge is -2.28. The summed E-state index contributed by atoms with van der Waals surface area (Å²) < 4.78 is 5.48. The third-order valence-electron chi connectivity index (χ3n) is 2.75. The van der Waals surface area contributed by atoms with Crippen molar-refractivity contribution >= 4 is 6.29 Å². The minimum atomic E-state index is -0.429. The maximum atomic E-state index is 10.5. The van der Waals surface area contributed by atoms with E-state index in [2.05, 4.69) is 9.97 Å². The van der Waals surface area contributed by atoms with Crippen molar-refractivity contribution < 1.29 is 9.53 Å². The third-order valence-corrected chi connectivity index (χ3v) is 2.75. The lowest BCUT2D eigenvalue weighted by atomic mass is 9.96. The van der Waals surface area contributed by atoms with Gasteiger partial charge < -0.3 is 4.74 Å². The third kappa shape index (κ3) is 2.21. The molecule has 1 aromatic heterocycles. The van der Waals surface area contributed by atoms with Crippen molar-refractivity contribution in [2.75, 3.05) is 7.11 Å². The van der Waals surface area contributed by atoms with Crippen molar-refractivity contribution in [1.82, 2.24) is 9.97 Å². The smallest absolute Gasteiger partial charge is 0.160 e. The molecule has 4 nitrogen and oxygen atoms in total. The summed E-state index contributed by atoms with van der Waals surface area (Å²) in [7, 11) is 1.66. The fourth-order valence-electron chi connectivity index (χ4n) is 1.58. The van der Waals surface area contributed by atoms with Gasteiger partial charge in [-0.3, -0.25) is 4.79 Å². The predicted molar refractivity (Wildman–Crippen MR) is 56.7 cm³/mol. The molecule has 0 fully saturated rings. The molecule has 0 radical (unpaired) electrons. The lowest BCUT2D eigenvalue weighted by molar-refractivity contribution is -0.0291. The second kappa shape index (κ2) is 4.98. The van der Waals surface area contributed by atoms with Gasteiger partial charge in [0.05, 0.1) is 5.56 Å². The van der Waals surface area contributed by atoms with Gasteiger partial charge in [0.15, 0.2) is 12.1 Å². The number of methoxy groups -OCH3 is 1. The van der Waals surface area contributed by atoms with Crippen LogP contribution in [0.3, 0.4) is 0 Å². The first-order chi connectivity index (χ1) is 7.22. The maximum absolute atomic E-state index is 10.5. The molecule has 0 aliphatic carbocycles. The number of rotatable bonds is 5. The number of carbonyl (C=O) groups is 1. The van der Waals surface area contributed by atoms with Gasteiger partial charge in [0.25, 0.3) is 0 Å². The standard InChI is InChI=1S/C11H16N2O2/c1-4-11(5-2,15-3)10-12-6-9(8-14)7-13-10/h6-8H,4-5H2,1-3H3. The summed E-state index contributed by atoms with van der Waals surface area (Å²) in [5.41, 5.74) is 0.0532. The molecule has 0 aliphatic rings. The molecule has 1 heterocycles. The Bertz CT molecular complexity index is 310. The minimum absolute atomic E-state index is 0.429. The first-order valence-electron chi connectivity index (χ1n) is 5.05. The minimum Gasteiger partial charge on any atom is -0.370 e. The van der Waals surface area contributed by atoms with Crippen LogP contribution in [0.15, 0.2) is 12.4 Å². The van der Waals surface area contributed by atoms with Crippen LogP contribution in [-0.2, 0) is 10.3 Å².